The van der Waals surface area contributed by atoms with Gasteiger partial charge in [-0.1, -0.05) is 6.07 Å². The molecule has 0 spiro atoms. The predicted octanol–water partition coefficient (Wildman–Crippen LogP) is 1.82. The molecule has 1 aromatic carbocycles. The Morgan fingerprint density at radius 3 is 3.07 bits per heavy atom. The van der Waals surface area contributed by atoms with E-state index in [4.69, 9.17) is 18.0 Å². The second-order valence-corrected chi connectivity index (χ2v) is 4.25. The third-order valence-corrected chi connectivity index (χ3v) is 2.72. The molecule has 2 aromatic rings. The number of fused-ring (bicyclic) bond motifs is 1. The molecular formula is C8H7IN4S. The molecule has 0 radical (unpaired) electrons. The van der Waals surface area contributed by atoms with Crippen molar-refractivity contribution in [2.24, 2.45) is 5.73 Å². The summed E-state index contributed by atoms with van der Waals surface area (Å²) in [4.78, 5) is 0. The van der Waals surface area contributed by atoms with Crippen molar-refractivity contribution in [1.82, 2.24) is 10.2 Å². The third-order valence-electron chi connectivity index (χ3n) is 1.80. The first-order valence-electron chi connectivity index (χ1n) is 3.87. The number of nitrogens with zero attached hydrogens (tertiary/aromatic N) is 1. The number of rotatable bonds is 1. The Hall–Kier alpha value is -0.890. The summed E-state index contributed by atoms with van der Waals surface area (Å²) in [6.07, 6.45) is 0. The van der Waals surface area contributed by atoms with Crippen LogP contribution in [0.4, 0.5) is 5.69 Å². The van der Waals surface area contributed by atoms with E-state index in [1.807, 2.05) is 18.2 Å². The van der Waals surface area contributed by atoms with Crippen molar-refractivity contribution in [1.29, 1.82) is 0 Å². The maximum Gasteiger partial charge on any atom is 0.168 e. The Balaban J connectivity index is 2.59. The highest BCUT2D eigenvalue weighted by atomic mass is 127. The lowest BCUT2D eigenvalue weighted by Gasteiger charge is -2.03. The van der Waals surface area contributed by atoms with Gasteiger partial charge in [0.2, 0.25) is 0 Å². The summed E-state index contributed by atoms with van der Waals surface area (Å²) in [5.41, 5.74) is 7.08. The average molecular weight is 318 g/mol. The standard InChI is InChI=1S/C8H7IN4S/c9-7-4-2-1-3-5(11-8(10)14)6(4)12-13-7/h1-3H,(H,12,13)(H3,10,11,14). The van der Waals surface area contributed by atoms with Gasteiger partial charge >= 0.3 is 0 Å². The minimum Gasteiger partial charge on any atom is -0.376 e. The largest absolute Gasteiger partial charge is 0.376 e. The van der Waals surface area contributed by atoms with Gasteiger partial charge in [0.1, 0.15) is 9.22 Å². The predicted molar refractivity (Wildman–Crippen MR) is 69.2 cm³/mol. The molecule has 72 valence electrons. The molecule has 2 rings (SSSR count). The Morgan fingerprint density at radius 2 is 2.36 bits per heavy atom. The molecule has 0 amide bonds. The third kappa shape index (κ3) is 1.67. The van der Waals surface area contributed by atoms with Crippen molar-refractivity contribution in [2.75, 3.05) is 5.32 Å². The van der Waals surface area contributed by atoms with Gasteiger partial charge in [-0.25, -0.2) is 0 Å². The number of thiocarbonyl (C=S) groups is 1. The van der Waals surface area contributed by atoms with Gasteiger partial charge in [0, 0.05) is 5.39 Å². The maximum absolute atomic E-state index is 5.40. The van der Waals surface area contributed by atoms with Gasteiger partial charge in [0.15, 0.2) is 5.11 Å². The molecule has 0 saturated carbocycles. The van der Waals surface area contributed by atoms with Gasteiger partial charge < -0.3 is 11.1 Å². The molecule has 0 unspecified atom stereocenters. The van der Waals surface area contributed by atoms with E-state index in [1.165, 1.54) is 0 Å². The minimum absolute atomic E-state index is 0.246. The number of para-hydroxylation sites is 1. The van der Waals surface area contributed by atoms with E-state index in [0.29, 0.717) is 0 Å². The summed E-state index contributed by atoms with van der Waals surface area (Å²) in [6.45, 7) is 0. The topological polar surface area (TPSA) is 66.7 Å². The lowest BCUT2D eigenvalue weighted by Crippen LogP contribution is -2.18. The SMILES string of the molecule is NC(=S)Nc1cccc2c(I)[nH]nc12. The molecule has 4 nitrogen and oxygen atoms in total. The number of H-pyrrole nitrogens is 1. The van der Waals surface area contributed by atoms with Crippen molar-refractivity contribution in [3.05, 3.63) is 21.9 Å². The van der Waals surface area contributed by atoms with Crippen LogP contribution in [0.25, 0.3) is 10.9 Å². The van der Waals surface area contributed by atoms with Gasteiger partial charge in [0.05, 0.1) is 5.69 Å². The summed E-state index contributed by atoms with van der Waals surface area (Å²) in [6, 6.07) is 5.81. The average Bonchev–Trinajstić information content (AvgIpc) is 2.49. The molecule has 6 heteroatoms. The fourth-order valence-electron chi connectivity index (χ4n) is 1.24. The fraction of sp³-hybridized carbons (Fsp3) is 0. The Kier molecular flexibility index (Phi) is 2.55. The summed E-state index contributed by atoms with van der Waals surface area (Å²) < 4.78 is 1.00. The van der Waals surface area contributed by atoms with Crippen LogP contribution in [-0.4, -0.2) is 15.3 Å². The molecule has 0 aliphatic rings. The van der Waals surface area contributed by atoms with Crippen LogP contribution < -0.4 is 11.1 Å². The zero-order chi connectivity index (χ0) is 10.1. The van der Waals surface area contributed by atoms with Crippen molar-refractivity contribution in [3.63, 3.8) is 0 Å². The first-order valence-corrected chi connectivity index (χ1v) is 5.36. The van der Waals surface area contributed by atoms with Gasteiger partial charge in [0.25, 0.3) is 0 Å². The van der Waals surface area contributed by atoms with Crippen LogP contribution in [0.3, 0.4) is 0 Å². The maximum atomic E-state index is 5.40. The van der Waals surface area contributed by atoms with E-state index < -0.39 is 0 Å². The van der Waals surface area contributed by atoms with Crippen molar-refractivity contribution in [2.45, 2.75) is 0 Å². The van der Waals surface area contributed by atoms with Crippen LogP contribution in [0, 0.1) is 3.70 Å². The number of nitrogens with two attached hydrogens (primary N) is 1. The summed E-state index contributed by atoms with van der Waals surface area (Å²) >= 11 is 6.97. The molecule has 1 aromatic heterocycles. The monoisotopic (exact) mass is 318 g/mol. The smallest absolute Gasteiger partial charge is 0.168 e. The van der Waals surface area contributed by atoms with Crippen LogP contribution in [-0.2, 0) is 0 Å². The Bertz CT molecular complexity index is 493. The van der Waals surface area contributed by atoms with E-state index in [2.05, 4.69) is 38.1 Å². The highest BCUT2D eigenvalue weighted by molar-refractivity contribution is 14.1. The normalized spacial score (nSPS) is 10.4. The van der Waals surface area contributed by atoms with E-state index in [-0.39, 0.29) is 5.11 Å². The number of aromatic amines is 1. The number of benzene rings is 1. The molecule has 0 saturated heterocycles. The van der Waals surface area contributed by atoms with Crippen LogP contribution >= 0.6 is 34.8 Å². The molecule has 1 heterocycles. The Labute approximate surface area is 99.4 Å². The van der Waals surface area contributed by atoms with Crippen LogP contribution in [0.2, 0.25) is 0 Å². The highest BCUT2D eigenvalue weighted by Crippen LogP contribution is 2.24. The number of hydrogen-bond donors (Lipinski definition) is 3. The van der Waals surface area contributed by atoms with Crippen molar-refractivity contribution < 1.29 is 0 Å². The highest BCUT2D eigenvalue weighted by Gasteiger charge is 2.06. The van der Waals surface area contributed by atoms with Crippen molar-refractivity contribution in [3.8, 4) is 0 Å². The molecule has 0 aliphatic heterocycles. The number of hydrogen-bond acceptors (Lipinski definition) is 2. The second-order valence-electron chi connectivity index (χ2n) is 2.73. The van der Waals surface area contributed by atoms with E-state index in [0.717, 1.165) is 20.3 Å². The molecule has 0 bridgehead atoms. The molecule has 0 atom stereocenters. The molecule has 0 aliphatic carbocycles. The Morgan fingerprint density at radius 1 is 1.57 bits per heavy atom. The zero-order valence-electron chi connectivity index (χ0n) is 7.04. The van der Waals surface area contributed by atoms with E-state index >= 15 is 0 Å². The van der Waals surface area contributed by atoms with Gasteiger partial charge in [-0.15, -0.1) is 0 Å². The lowest BCUT2D eigenvalue weighted by molar-refractivity contribution is 1.09. The summed E-state index contributed by atoms with van der Waals surface area (Å²) in [7, 11) is 0. The molecular weight excluding hydrogens is 311 g/mol. The second kappa shape index (κ2) is 3.70. The van der Waals surface area contributed by atoms with Gasteiger partial charge in [-0.2, -0.15) is 5.10 Å². The van der Waals surface area contributed by atoms with Crippen LogP contribution in [0.15, 0.2) is 18.2 Å². The van der Waals surface area contributed by atoms with E-state index in [1.54, 1.807) is 0 Å². The summed E-state index contributed by atoms with van der Waals surface area (Å²) in [5.74, 6) is 0. The number of anilines is 1. The quantitative estimate of drug-likeness (QED) is 0.554. The molecule has 4 N–H and O–H groups in total. The van der Waals surface area contributed by atoms with Gasteiger partial charge in [-0.3, -0.25) is 5.10 Å². The van der Waals surface area contributed by atoms with E-state index in [9.17, 15) is 0 Å². The molecule has 14 heavy (non-hydrogen) atoms. The first kappa shape index (κ1) is 9.66. The number of nitrogens with one attached hydrogen (secondary N) is 2. The molecule has 0 fully saturated rings. The minimum atomic E-state index is 0.246. The number of aromatic nitrogens is 2. The van der Waals surface area contributed by atoms with Crippen LogP contribution in [0.1, 0.15) is 0 Å². The van der Waals surface area contributed by atoms with Crippen LogP contribution in [0.5, 0.6) is 0 Å². The van der Waals surface area contributed by atoms with Gasteiger partial charge in [-0.05, 0) is 46.9 Å². The zero-order valence-corrected chi connectivity index (χ0v) is 10.0. The number of halogens is 1. The van der Waals surface area contributed by atoms with Crippen molar-refractivity contribution >= 4 is 56.5 Å². The first-order chi connectivity index (χ1) is 6.68. The summed E-state index contributed by atoms with van der Waals surface area (Å²) in [5, 5.41) is 11.3. The lowest BCUT2D eigenvalue weighted by atomic mass is 10.2. The fourth-order valence-corrected chi connectivity index (χ4v) is 1.91.